The first-order chi connectivity index (χ1) is 13.1. The van der Waals surface area contributed by atoms with Crippen molar-refractivity contribution in [2.75, 3.05) is 6.54 Å². The van der Waals surface area contributed by atoms with Crippen LogP contribution < -0.4 is 11.1 Å². The molecule has 1 aromatic carbocycles. The molecule has 138 valence electrons. The zero-order chi connectivity index (χ0) is 18.9. The van der Waals surface area contributed by atoms with Gasteiger partial charge in [-0.15, -0.1) is 0 Å². The average Bonchev–Trinajstić information content (AvgIpc) is 3.42. The molecule has 1 amide bonds. The molecule has 3 aromatic heterocycles. The molecule has 1 atom stereocenters. The molecule has 0 spiro atoms. The third-order valence-electron chi connectivity index (χ3n) is 4.34. The predicted octanol–water partition coefficient (Wildman–Crippen LogP) is 1.83. The van der Waals surface area contributed by atoms with E-state index in [1.165, 1.54) is 23.4 Å². The summed E-state index contributed by atoms with van der Waals surface area (Å²) in [5, 5.41) is 13.7. The second-order valence-corrected chi connectivity index (χ2v) is 6.05. The summed E-state index contributed by atoms with van der Waals surface area (Å²) in [6.45, 7) is -0.404. The number of carbonyl (C=O) groups excluding carboxylic acids is 1. The van der Waals surface area contributed by atoms with Crippen LogP contribution in [0, 0.1) is 0 Å². The smallest absolute Gasteiger partial charge is 0.420 e. The molecule has 3 heterocycles. The quantitative estimate of drug-likeness (QED) is 0.537. The van der Waals surface area contributed by atoms with Crippen molar-refractivity contribution in [2.45, 2.75) is 12.1 Å². The Morgan fingerprint density at radius 3 is 2.74 bits per heavy atom. The number of benzene rings is 1. The third-order valence-corrected chi connectivity index (χ3v) is 4.34. The number of furan rings is 2. The first-order valence-electron chi connectivity index (χ1n) is 8.22. The van der Waals surface area contributed by atoms with Gasteiger partial charge in [-0.1, -0.05) is 12.1 Å². The molecule has 0 aliphatic rings. The van der Waals surface area contributed by atoms with E-state index in [2.05, 4.69) is 5.32 Å². The summed E-state index contributed by atoms with van der Waals surface area (Å²) in [4.78, 5) is 24.4. The molecule has 0 unspecified atom stereocenters. The van der Waals surface area contributed by atoms with Crippen LogP contribution in [0.2, 0.25) is 0 Å². The van der Waals surface area contributed by atoms with E-state index in [1.807, 2.05) is 0 Å². The van der Waals surface area contributed by atoms with E-state index in [0.29, 0.717) is 16.7 Å². The van der Waals surface area contributed by atoms with E-state index in [1.54, 1.807) is 42.5 Å². The Bertz CT molecular complexity index is 1070. The summed E-state index contributed by atoms with van der Waals surface area (Å²) in [5.41, 5.74) is -0.242. The average molecular weight is 368 g/mol. The van der Waals surface area contributed by atoms with Crippen molar-refractivity contribution >= 4 is 17.0 Å². The molecule has 0 fully saturated rings. The lowest BCUT2D eigenvalue weighted by Crippen LogP contribution is -2.42. The number of hydrogen-bond donors (Lipinski definition) is 2. The molecule has 0 saturated heterocycles. The van der Waals surface area contributed by atoms with Crippen LogP contribution in [-0.4, -0.2) is 22.1 Å². The fourth-order valence-electron chi connectivity index (χ4n) is 2.93. The van der Waals surface area contributed by atoms with Crippen LogP contribution in [0.25, 0.3) is 11.1 Å². The summed E-state index contributed by atoms with van der Waals surface area (Å²) in [6.07, 6.45) is 4.23. The maximum atomic E-state index is 12.4. The van der Waals surface area contributed by atoms with Gasteiger partial charge in [0.2, 0.25) is 5.91 Å². The number of para-hydroxylation sites is 2. The largest absolute Gasteiger partial charge is 0.472 e. The Kier molecular flexibility index (Phi) is 4.17. The minimum absolute atomic E-state index is 0.163. The normalized spacial score (nSPS) is 13.5. The molecule has 2 N–H and O–H groups in total. The van der Waals surface area contributed by atoms with Crippen molar-refractivity contribution in [3.8, 4) is 0 Å². The van der Waals surface area contributed by atoms with Crippen LogP contribution in [-0.2, 0) is 16.9 Å². The van der Waals surface area contributed by atoms with Crippen LogP contribution in [0.4, 0.5) is 0 Å². The number of aromatic nitrogens is 1. The molecule has 4 aromatic rings. The number of oxazole rings is 1. The molecule has 4 rings (SSSR count). The minimum atomic E-state index is -1.60. The first kappa shape index (κ1) is 16.9. The molecular formula is C19H16N2O6. The highest BCUT2D eigenvalue weighted by Crippen LogP contribution is 2.29. The van der Waals surface area contributed by atoms with Gasteiger partial charge in [0.25, 0.3) is 0 Å². The van der Waals surface area contributed by atoms with Crippen LogP contribution in [0.5, 0.6) is 0 Å². The third kappa shape index (κ3) is 3.06. The molecule has 8 nitrogen and oxygen atoms in total. The SMILES string of the molecule is O=C(Cn1c(=O)oc2ccccc21)NC[C@@](O)(c1ccoc1)c1ccco1. The summed E-state index contributed by atoms with van der Waals surface area (Å²) in [6, 6.07) is 11.7. The first-order valence-corrected chi connectivity index (χ1v) is 8.22. The second kappa shape index (κ2) is 6.65. The molecule has 8 heteroatoms. The fourth-order valence-corrected chi connectivity index (χ4v) is 2.93. The monoisotopic (exact) mass is 368 g/mol. The van der Waals surface area contributed by atoms with Crippen LogP contribution in [0.3, 0.4) is 0 Å². The number of amides is 1. The summed E-state index contributed by atoms with van der Waals surface area (Å²) < 4.78 is 16.7. The Labute approximate surface area is 152 Å². The standard InChI is InChI=1S/C19H16N2O6/c22-17(10-21-14-4-1-2-5-15(14)27-18(21)23)20-12-19(24,13-7-9-25-11-13)16-6-3-8-26-16/h1-9,11,24H,10,12H2,(H,20,22)/t19-/m1/s1. The highest BCUT2D eigenvalue weighted by Gasteiger charge is 2.36. The number of rotatable bonds is 6. The van der Waals surface area contributed by atoms with Crippen molar-refractivity contribution in [1.29, 1.82) is 0 Å². The Balaban J connectivity index is 1.54. The van der Waals surface area contributed by atoms with Gasteiger partial charge < -0.3 is 23.7 Å². The number of carbonyl (C=O) groups is 1. The molecule has 0 aliphatic heterocycles. The molecule has 0 saturated carbocycles. The summed E-state index contributed by atoms with van der Waals surface area (Å²) in [5.74, 6) is -0.824. The van der Waals surface area contributed by atoms with E-state index in [0.717, 1.165) is 0 Å². The van der Waals surface area contributed by atoms with Gasteiger partial charge in [-0.25, -0.2) is 4.79 Å². The van der Waals surface area contributed by atoms with Gasteiger partial charge in [0, 0.05) is 5.56 Å². The number of hydrogen-bond acceptors (Lipinski definition) is 6. The Morgan fingerprint density at radius 1 is 1.15 bits per heavy atom. The highest BCUT2D eigenvalue weighted by molar-refractivity contribution is 5.79. The lowest BCUT2D eigenvalue weighted by molar-refractivity contribution is -0.122. The highest BCUT2D eigenvalue weighted by atomic mass is 16.4. The molecule has 0 radical (unpaired) electrons. The van der Waals surface area contributed by atoms with Gasteiger partial charge in [-0.3, -0.25) is 9.36 Å². The van der Waals surface area contributed by atoms with Gasteiger partial charge in [0.05, 0.1) is 30.9 Å². The van der Waals surface area contributed by atoms with Gasteiger partial charge in [-0.2, -0.15) is 0 Å². The van der Waals surface area contributed by atoms with E-state index < -0.39 is 17.3 Å². The molecule has 27 heavy (non-hydrogen) atoms. The zero-order valence-corrected chi connectivity index (χ0v) is 14.1. The van der Waals surface area contributed by atoms with E-state index in [4.69, 9.17) is 13.3 Å². The fraction of sp³-hybridized carbons (Fsp3) is 0.158. The predicted molar refractivity (Wildman–Crippen MR) is 93.9 cm³/mol. The number of fused-ring (bicyclic) bond motifs is 1. The number of nitrogens with zero attached hydrogens (tertiary/aromatic N) is 1. The molecule has 0 bridgehead atoms. The maximum Gasteiger partial charge on any atom is 0.420 e. The van der Waals surface area contributed by atoms with Gasteiger partial charge >= 0.3 is 5.76 Å². The van der Waals surface area contributed by atoms with Crippen molar-refractivity contribution in [3.05, 3.63) is 83.1 Å². The summed E-state index contributed by atoms with van der Waals surface area (Å²) in [7, 11) is 0. The molecular weight excluding hydrogens is 352 g/mol. The van der Waals surface area contributed by atoms with Gasteiger partial charge in [0.15, 0.2) is 11.2 Å². The van der Waals surface area contributed by atoms with E-state index >= 15 is 0 Å². The maximum absolute atomic E-state index is 12.4. The Hall–Kier alpha value is -3.52. The number of nitrogens with one attached hydrogen (secondary N) is 1. The van der Waals surface area contributed by atoms with Gasteiger partial charge in [0.1, 0.15) is 12.3 Å². The second-order valence-electron chi connectivity index (χ2n) is 6.05. The van der Waals surface area contributed by atoms with E-state index in [-0.39, 0.29) is 18.8 Å². The Morgan fingerprint density at radius 2 is 2.00 bits per heavy atom. The van der Waals surface area contributed by atoms with Crippen LogP contribution in [0.15, 0.2) is 79.3 Å². The van der Waals surface area contributed by atoms with E-state index in [9.17, 15) is 14.7 Å². The van der Waals surface area contributed by atoms with Crippen molar-refractivity contribution < 1.29 is 23.2 Å². The minimum Gasteiger partial charge on any atom is -0.472 e. The van der Waals surface area contributed by atoms with Crippen molar-refractivity contribution in [3.63, 3.8) is 0 Å². The van der Waals surface area contributed by atoms with Crippen molar-refractivity contribution in [2.24, 2.45) is 0 Å². The van der Waals surface area contributed by atoms with Crippen LogP contribution >= 0.6 is 0 Å². The van der Waals surface area contributed by atoms with Crippen molar-refractivity contribution in [1.82, 2.24) is 9.88 Å². The lowest BCUT2D eigenvalue weighted by Gasteiger charge is -2.25. The number of aliphatic hydroxyl groups is 1. The molecule has 0 aliphatic carbocycles. The van der Waals surface area contributed by atoms with Gasteiger partial charge in [-0.05, 0) is 30.3 Å². The topological polar surface area (TPSA) is 111 Å². The summed E-state index contributed by atoms with van der Waals surface area (Å²) >= 11 is 0. The lowest BCUT2D eigenvalue weighted by atomic mass is 9.93. The zero-order valence-electron chi connectivity index (χ0n) is 14.1. The van der Waals surface area contributed by atoms with Crippen LogP contribution in [0.1, 0.15) is 11.3 Å².